The summed E-state index contributed by atoms with van der Waals surface area (Å²) in [7, 11) is 3.30. The third kappa shape index (κ3) is 9.80. The number of hydrogen-bond donors (Lipinski definition) is 1. The van der Waals surface area contributed by atoms with Crippen molar-refractivity contribution in [2.45, 2.75) is 31.6 Å². The van der Waals surface area contributed by atoms with Crippen molar-refractivity contribution in [1.82, 2.24) is 5.32 Å². The Morgan fingerprint density at radius 3 is 2.07 bits per heavy atom. The number of methoxy groups -OCH3 is 2. The van der Waals surface area contributed by atoms with Gasteiger partial charge >= 0.3 is 0 Å². The lowest BCUT2D eigenvalue weighted by atomic mass is 9.92. The molecule has 0 bridgehead atoms. The van der Waals surface area contributed by atoms with Crippen molar-refractivity contribution in [3.8, 4) is 17.2 Å². The van der Waals surface area contributed by atoms with E-state index in [1.165, 1.54) is 11.1 Å². The number of alkyl halides is 1. The van der Waals surface area contributed by atoms with E-state index in [1.807, 2.05) is 97.9 Å². The quantitative estimate of drug-likeness (QED) is 0.142. The molecule has 0 radical (unpaired) electrons. The van der Waals surface area contributed by atoms with Crippen LogP contribution in [0.4, 0.5) is 0 Å². The average molecular weight is 619 g/mol. The van der Waals surface area contributed by atoms with E-state index >= 15 is 0 Å². The number of amides is 1. The van der Waals surface area contributed by atoms with Crippen LogP contribution < -0.4 is 19.5 Å². The smallest absolute Gasteiger partial charge is 0.258 e. The summed E-state index contributed by atoms with van der Waals surface area (Å²) in [6.45, 7) is 4.63. The lowest BCUT2D eigenvalue weighted by molar-refractivity contribution is -0.123. The van der Waals surface area contributed by atoms with Crippen molar-refractivity contribution in [2.24, 2.45) is 0 Å². The number of nitrogens with one attached hydrogen (secondary N) is 1. The largest absolute Gasteiger partial charge is 0.497 e. The van der Waals surface area contributed by atoms with Gasteiger partial charge in [-0.15, -0.1) is 0 Å². The van der Waals surface area contributed by atoms with Gasteiger partial charge in [-0.3, -0.25) is 9.59 Å². The first kappa shape index (κ1) is 31.4. The first-order valence-electron chi connectivity index (χ1n) is 13.2. The highest BCUT2D eigenvalue weighted by atomic mass is 79.9. The fraction of sp³-hybridized carbons (Fsp3) is 0.235. The Bertz CT molecular complexity index is 1390. The van der Waals surface area contributed by atoms with E-state index < -0.39 is 0 Å². The maximum Gasteiger partial charge on any atom is 0.258 e. The number of carbonyl (C=O) groups is 2. The zero-order chi connectivity index (χ0) is 29.6. The number of benzene rings is 4. The summed E-state index contributed by atoms with van der Waals surface area (Å²) in [4.78, 5) is 22.3. The number of ether oxygens (including phenoxy) is 3. The van der Waals surface area contributed by atoms with Crippen LogP contribution in [0.3, 0.4) is 0 Å². The number of halogens is 1. The molecule has 7 heteroatoms. The first-order valence-corrected chi connectivity index (χ1v) is 14.4. The van der Waals surface area contributed by atoms with Crippen LogP contribution in [0.15, 0.2) is 91.0 Å². The molecule has 0 aliphatic heterocycles. The molecular formula is C34H36BrNO5. The van der Waals surface area contributed by atoms with Gasteiger partial charge in [-0.05, 0) is 41.8 Å². The Labute approximate surface area is 250 Å². The van der Waals surface area contributed by atoms with Crippen LogP contribution in [-0.2, 0) is 16.7 Å². The summed E-state index contributed by atoms with van der Waals surface area (Å²) in [6.07, 6.45) is 0.845. The number of aryl methyl sites for hydroxylation is 1. The van der Waals surface area contributed by atoms with Crippen LogP contribution in [0.25, 0.3) is 0 Å². The van der Waals surface area contributed by atoms with Gasteiger partial charge in [0.15, 0.2) is 6.61 Å². The highest BCUT2D eigenvalue weighted by molar-refractivity contribution is 9.08. The standard InChI is InChI=1S/C26H29NO4.C8H7BrO/c1-18-5-7-20(8-6-18)16-27-26(28)17-31-22-11-9-21(10-12-22)19(2)24-14-13-23(29-3)15-25(24)30-4;9-5-7-1-3-8(6-10)4-2-7/h5-15,19H,16-17H2,1-4H3,(H,27,28);1-4,6H,5H2. The summed E-state index contributed by atoms with van der Waals surface area (Å²) in [5.41, 5.74) is 6.37. The van der Waals surface area contributed by atoms with Crippen molar-refractivity contribution in [3.05, 3.63) is 124 Å². The fourth-order valence-electron chi connectivity index (χ4n) is 4.00. The van der Waals surface area contributed by atoms with Gasteiger partial charge in [0.2, 0.25) is 0 Å². The van der Waals surface area contributed by atoms with E-state index in [0.717, 1.165) is 45.4 Å². The Kier molecular flexibility index (Phi) is 12.4. The maximum absolute atomic E-state index is 12.1. The van der Waals surface area contributed by atoms with Crippen LogP contribution >= 0.6 is 15.9 Å². The monoisotopic (exact) mass is 617 g/mol. The topological polar surface area (TPSA) is 73.9 Å². The van der Waals surface area contributed by atoms with Gasteiger partial charge in [-0.1, -0.05) is 95.1 Å². The highest BCUT2D eigenvalue weighted by Crippen LogP contribution is 2.34. The normalized spacial score (nSPS) is 11.0. The van der Waals surface area contributed by atoms with Gasteiger partial charge in [-0.2, -0.15) is 0 Å². The molecule has 0 saturated heterocycles. The molecular weight excluding hydrogens is 582 g/mol. The Hall–Kier alpha value is -4.10. The van der Waals surface area contributed by atoms with Crippen LogP contribution in [-0.4, -0.2) is 33.0 Å². The van der Waals surface area contributed by atoms with E-state index in [9.17, 15) is 9.59 Å². The summed E-state index contributed by atoms with van der Waals surface area (Å²) in [5, 5.41) is 3.71. The zero-order valence-electron chi connectivity index (χ0n) is 23.9. The van der Waals surface area contributed by atoms with Crippen molar-refractivity contribution < 1.29 is 23.8 Å². The van der Waals surface area contributed by atoms with Gasteiger partial charge in [-0.25, -0.2) is 0 Å². The van der Waals surface area contributed by atoms with Crippen LogP contribution in [0.2, 0.25) is 0 Å². The fourth-order valence-corrected chi connectivity index (χ4v) is 4.37. The molecule has 0 aliphatic carbocycles. The lowest BCUT2D eigenvalue weighted by Crippen LogP contribution is -2.28. The molecule has 41 heavy (non-hydrogen) atoms. The third-order valence-electron chi connectivity index (χ3n) is 6.54. The lowest BCUT2D eigenvalue weighted by Gasteiger charge is -2.17. The number of carbonyl (C=O) groups excluding carboxylic acids is 2. The summed E-state index contributed by atoms with van der Waals surface area (Å²) in [5.74, 6) is 2.19. The number of aldehydes is 1. The van der Waals surface area contributed by atoms with E-state index in [4.69, 9.17) is 14.2 Å². The first-order chi connectivity index (χ1) is 19.9. The Morgan fingerprint density at radius 2 is 1.49 bits per heavy atom. The Balaban J connectivity index is 0.000000389. The van der Waals surface area contributed by atoms with E-state index in [-0.39, 0.29) is 18.4 Å². The molecule has 4 rings (SSSR count). The predicted octanol–water partition coefficient (Wildman–Crippen LogP) is 7.25. The molecule has 1 atom stereocenters. The number of hydrogen-bond acceptors (Lipinski definition) is 5. The average Bonchev–Trinajstić information content (AvgIpc) is 3.03. The van der Waals surface area contributed by atoms with Gasteiger partial charge in [0.25, 0.3) is 5.91 Å². The summed E-state index contributed by atoms with van der Waals surface area (Å²) in [6, 6.07) is 29.2. The van der Waals surface area contributed by atoms with Gasteiger partial charge in [0.05, 0.1) is 14.2 Å². The molecule has 1 N–H and O–H groups in total. The van der Waals surface area contributed by atoms with Crippen molar-refractivity contribution in [2.75, 3.05) is 20.8 Å². The Morgan fingerprint density at radius 1 is 0.854 bits per heavy atom. The van der Waals surface area contributed by atoms with Crippen molar-refractivity contribution in [1.29, 1.82) is 0 Å². The molecule has 1 unspecified atom stereocenters. The third-order valence-corrected chi connectivity index (χ3v) is 7.19. The SMILES string of the molecule is COc1ccc(C(C)c2ccc(OCC(=O)NCc3ccc(C)cc3)cc2)c(OC)c1.O=Cc1ccc(CBr)cc1. The minimum atomic E-state index is -0.152. The van der Waals surface area contributed by atoms with Crippen LogP contribution in [0.5, 0.6) is 17.2 Å². The van der Waals surface area contributed by atoms with E-state index in [2.05, 4.69) is 28.2 Å². The molecule has 6 nitrogen and oxygen atoms in total. The molecule has 0 heterocycles. The van der Waals surface area contributed by atoms with Gasteiger partial charge in [0, 0.05) is 35.0 Å². The molecule has 0 saturated carbocycles. The molecule has 4 aromatic carbocycles. The minimum Gasteiger partial charge on any atom is -0.497 e. The van der Waals surface area contributed by atoms with Gasteiger partial charge < -0.3 is 19.5 Å². The van der Waals surface area contributed by atoms with E-state index in [0.29, 0.717) is 12.3 Å². The minimum absolute atomic E-state index is 0.0208. The molecule has 0 fully saturated rings. The predicted molar refractivity (Wildman–Crippen MR) is 166 cm³/mol. The van der Waals surface area contributed by atoms with Crippen molar-refractivity contribution in [3.63, 3.8) is 0 Å². The molecule has 1 amide bonds. The zero-order valence-corrected chi connectivity index (χ0v) is 25.4. The second-order valence-electron chi connectivity index (χ2n) is 9.44. The highest BCUT2D eigenvalue weighted by Gasteiger charge is 2.15. The van der Waals surface area contributed by atoms with Crippen LogP contribution in [0, 0.1) is 6.92 Å². The maximum atomic E-state index is 12.1. The molecule has 0 aromatic heterocycles. The second-order valence-corrected chi connectivity index (χ2v) is 10.0. The molecule has 214 valence electrons. The molecule has 0 aliphatic rings. The molecule has 4 aromatic rings. The second kappa shape index (κ2) is 16.2. The van der Waals surface area contributed by atoms with Crippen LogP contribution in [0.1, 0.15) is 51.0 Å². The number of rotatable bonds is 11. The summed E-state index contributed by atoms with van der Waals surface area (Å²) < 4.78 is 16.4. The van der Waals surface area contributed by atoms with E-state index in [1.54, 1.807) is 14.2 Å². The summed E-state index contributed by atoms with van der Waals surface area (Å²) >= 11 is 3.32. The van der Waals surface area contributed by atoms with Crippen molar-refractivity contribution >= 4 is 28.1 Å². The molecule has 0 spiro atoms. The van der Waals surface area contributed by atoms with Gasteiger partial charge in [0.1, 0.15) is 23.5 Å².